The molecule has 5 nitrogen and oxygen atoms in total. The molecule has 0 saturated heterocycles. The zero-order valence-corrected chi connectivity index (χ0v) is 18.8. The van der Waals surface area contributed by atoms with Crippen molar-refractivity contribution in [2.45, 2.75) is 108 Å². The van der Waals surface area contributed by atoms with Crippen LogP contribution in [-0.4, -0.2) is 30.3 Å². The summed E-state index contributed by atoms with van der Waals surface area (Å²) in [6.07, 6.45) is 12.7. The zero-order chi connectivity index (χ0) is 17.8. The van der Waals surface area contributed by atoms with E-state index < -0.39 is 15.4 Å². The van der Waals surface area contributed by atoms with E-state index >= 15 is 0 Å². The molecule has 142 valence electrons. The average Bonchev–Trinajstić information content (AvgIpc) is 2.53. The number of ether oxygens (including phenoxy) is 1. The molecule has 1 saturated carbocycles. The predicted octanol–water partition coefficient (Wildman–Crippen LogP) is 1.31. The molecule has 0 unspecified atom stereocenters. The van der Waals surface area contributed by atoms with Gasteiger partial charge in [-0.25, -0.2) is 8.42 Å². The monoisotopic (exact) mass is 384 g/mol. The van der Waals surface area contributed by atoms with Gasteiger partial charge in [0.25, 0.3) is 0 Å². The Hall–Kier alpha value is 0.380. The van der Waals surface area contributed by atoms with E-state index in [0.717, 1.165) is 12.8 Å². The topological polar surface area (TPSA) is 83.5 Å². The zero-order valence-electron chi connectivity index (χ0n) is 16.0. The second-order valence-corrected chi connectivity index (χ2v) is 8.61. The van der Waals surface area contributed by atoms with E-state index in [0.29, 0.717) is 32.1 Å². The van der Waals surface area contributed by atoms with Crippen molar-refractivity contribution in [3.8, 4) is 0 Å². The molecule has 1 fully saturated rings. The molecule has 0 aliphatic heterocycles. The van der Waals surface area contributed by atoms with Gasteiger partial charge in [-0.3, -0.25) is 4.79 Å². The maximum atomic E-state index is 11.8. The molecular formula is C18H33NaO5S. The van der Waals surface area contributed by atoms with Gasteiger partial charge in [-0.15, -0.1) is 0 Å². The van der Waals surface area contributed by atoms with Gasteiger partial charge in [0.1, 0.15) is 6.10 Å². The van der Waals surface area contributed by atoms with Gasteiger partial charge in [-0.05, 0) is 32.1 Å². The Morgan fingerprint density at radius 3 is 1.88 bits per heavy atom. The minimum absolute atomic E-state index is 0. The second kappa shape index (κ2) is 14.4. The van der Waals surface area contributed by atoms with Crippen molar-refractivity contribution in [2.75, 3.05) is 0 Å². The maximum absolute atomic E-state index is 11.8. The van der Waals surface area contributed by atoms with Crippen LogP contribution in [0.1, 0.15) is 96.8 Å². The Bertz CT molecular complexity index is 444. The number of rotatable bonds is 12. The molecular weight excluding hydrogens is 351 g/mol. The van der Waals surface area contributed by atoms with Gasteiger partial charge >= 0.3 is 35.5 Å². The van der Waals surface area contributed by atoms with Crippen LogP contribution in [0.4, 0.5) is 0 Å². The van der Waals surface area contributed by atoms with Crippen molar-refractivity contribution in [1.29, 1.82) is 0 Å². The van der Waals surface area contributed by atoms with Crippen LogP contribution in [0, 0.1) is 0 Å². The number of esters is 1. The fourth-order valence-electron chi connectivity index (χ4n) is 3.26. The van der Waals surface area contributed by atoms with Gasteiger partial charge in [-0.1, -0.05) is 58.3 Å². The summed E-state index contributed by atoms with van der Waals surface area (Å²) in [4.78, 5) is 11.8. The van der Waals surface area contributed by atoms with Crippen molar-refractivity contribution in [1.82, 2.24) is 0 Å². The molecule has 0 heterocycles. The molecule has 0 bridgehead atoms. The molecule has 7 heteroatoms. The molecule has 0 amide bonds. The first-order valence-corrected chi connectivity index (χ1v) is 11.0. The first-order chi connectivity index (χ1) is 11.4. The average molecular weight is 385 g/mol. The van der Waals surface area contributed by atoms with E-state index in [1.807, 2.05) is 0 Å². The van der Waals surface area contributed by atoms with Gasteiger partial charge < -0.3 is 9.29 Å². The molecule has 0 N–H and O–H groups in total. The SMILES string of the molecule is CCCCCCCCCCCC(=O)OC1CCC(S(=O)(=O)[O-])CC1.[Na+]. The number of unbranched alkanes of at least 4 members (excludes halogenated alkanes) is 8. The Morgan fingerprint density at radius 1 is 0.920 bits per heavy atom. The quantitative estimate of drug-likeness (QED) is 0.219. The number of carbonyl (C=O) groups is 1. The Balaban J connectivity index is 0.00000576. The summed E-state index contributed by atoms with van der Waals surface area (Å²) in [5.74, 6) is -0.189. The molecule has 0 spiro atoms. The summed E-state index contributed by atoms with van der Waals surface area (Å²) in [6, 6.07) is 0. The largest absolute Gasteiger partial charge is 1.00 e. The number of carbonyl (C=O) groups excluding carboxylic acids is 1. The van der Waals surface area contributed by atoms with Crippen LogP contribution < -0.4 is 29.6 Å². The van der Waals surface area contributed by atoms with Crippen molar-refractivity contribution >= 4 is 16.1 Å². The van der Waals surface area contributed by atoms with Crippen LogP contribution in [0.2, 0.25) is 0 Å². The van der Waals surface area contributed by atoms with Crippen LogP contribution in [0.25, 0.3) is 0 Å². The van der Waals surface area contributed by atoms with Crippen LogP contribution >= 0.6 is 0 Å². The van der Waals surface area contributed by atoms with Crippen molar-refractivity contribution in [2.24, 2.45) is 0 Å². The molecule has 0 atom stereocenters. The van der Waals surface area contributed by atoms with Gasteiger partial charge in [0.15, 0.2) is 0 Å². The minimum Gasteiger partial charge on any atom is -0.748 e. The Morgan fingerprint density at radius 2 is 1.40 bits per heavy atom. The van der Waals surface area contributed by atoms with Gasteiger partial charge in [0, 0.05) is 11.7 Å². The van der Waals surface area contributed by atoms with E-state index in [1.54, 1.807) is 0 Å². The molecule has 1 aliphatic carbocycles. The molecule has 0 aromatic carbocycles. The van der Waals surface area contributed by atoms with Crippen molar-refractivity contribution in [3.63, 3.8) is 0 Å². The van der Waals surface area contributed by atoms with Gasteiger partial charge in [-0.2, -0.15) is 0 Å². The molecule has 1 rings (SSSR count). The summed E-state index contributed by atoms with van der Waals surface area (Å²) in [5, 5.41) is -0.801. The Labute approximate surface area is 175 Å². The number of hydrogen-bond acceptors (Lipinski definition) is 5. The predicted molar refractivity (Wildman–Crippen MR) is 93.7 cm³/mol. The maximum Gasteiger partial charge on any atom is 1.00 e. The van der Waals surface area contributed by atoms with E-state index in [2.05, 4.69) is 6.92 Å². The van der Waals surface area contributed by atoms with Crippen LogP contribution in [-0.2, 0) is 19.6 Å². The third-order valence-corrected chi connectivity index (χ3v) is 6.10. The summed E-state index contributed by atoms with van der Waals surface area (Å²) in [7, 11) is -4.20. The second-order valence-electron chi connectivity index (χ2n) is 6.96. The van der Waals surface area contributed by atoms with E-state index in [-0.39, 0.29) is 41.6 Å². The van der Waals surface area contributed by atoms with E-state index in [9.17, 15) is 17.8 Å². The summed E-state index contributed by atoms with van der Waals surface area (Å²) >= 11 is 0. The van der Waals surface area contributed by atoms with Crippen LogP contribution in [0.15, 0.2) is 0 Å². The third-order valence-electron chi connectivity index (χ3n) is 4.81. The Kier molecular flexibility index (Phi) is 14.7. The molecule has 0 radical (unpaired) electrons. The summed E-state index contributed by atoms with van der Waals surface area (Å²) < 4.78 is 38.2. The first-order valence-electron chi connectivity index (χ1n) is 9.57. The summed E-state index contributed by atoms with van der Waals surface area (Å²) in [5.41, 5.74) is 0. The fourth-order valence-corrected chi connectivity index (χ4v) is 4.11. The standard InChI is InChI=1S/C18H34O5S.Na/c1-2-3-4-5-6-7-8-9-10-11-18(19)23-16-12-14-17(15-13-16)24(20,21)22;/h16-17H,2-15H2,1H3,(H,20,21,22);/q;+1/p-1. The smallest absolute Gasteiger partial charge is 0.748 e. The molecule has 0 aromatic heterocycles. The van der Waals surface area contributed by atoms with E-state index in [1.165, 1.54) is 44.9 Å². The van der Waals surface area contributed by atoms with Crippen LogP contribution in [0.5, 0.6) is 0 Å². The molecule has 25 heavy (non-hydrogen) atoms. The minimum atomic E-state index is -4.20. The van der Waals surface area contributed by atoms with Gasteiger partial charge in [0.2, 0.25) is 0 Å². The molecule has 0 aromatic rings. The van der Waals surface area contributed by atoms with Crippen LogP contribution in [0.3, 0.4) is 0 Å². The number of hydrogen-bond donors (Lipinski definition) is 0. The normalized spacial score (nSPS) is 20.7. The fraction of sp³-hybridized carbons (Fsp3) is 0.944. The van der Waals surface area contributed by atoms with E-state index in [4.69, 9.17) is 4.74 Å². The summed E-state index contributed by atoms with van der Waals surface area (Å²) in [6.45, 7) is 2.22. The molecule has 1 aliphatic rings. The third kappa shape index (κ3) is 12.4. The van der Waals surface area contributed by atoms with Gasteiger partial charge in [0.05, 0.1) is 10.1 Å². The van der Waals surface area contributed by atoms with Crippen molar-refractivity contribution < 1.29 is 52.1 Å². The van der Waals surface area contributed by atoms with Crippen molar-refractivity contribution in [3.05, 3.63) is 0 Å². The first kappa shape index (κ1) is 25.4.